The van der Waals surface area contributed by atoms with E-state index in [-0.39, 0.29) is 10.6 Å². The standard InChI is InChI=1S/C21H23N5O4S/c1-24-12-11-22-20(24)19(14-5-7-15(30-4)8-6-14)23-31(28,29)16-9-10-17-18(13-16)26(3)21(27)25(17)2/h5-13,19,23H,1-4H3. The van der Waals surface area contributed by atoms with Gasteiger partial charge in [0.05, 0.1) is 23.0 Å². The van der Waals surface area contributed by atoms with Crippen LogP contribution in [-0.2, 0) is 31.2 Å². The highest BCUT2D eigenvalue weighted by atomic mass is 32.2. The van der Waals surface area contributed by atoms with Crippen LogP contribution in [0.3, 0.4) is 0 Å². The van der Waals surface area contributed by atoms with Gasteiger partial charge in [-0.3, -0.25) is 9.13 Å². The fourth-order valence-electron chi connectivity index (χ4n) is 3.60. The molecule has 1 N–H and O–H groups in total. The van der Waals surface area contributed by atoms with Crippen molar-refractivity contribution in [2.75, 3.05) is 7.11 Å². The summed E-state index contributed by atoms with van der Waals surface area (Å²) in [5.74, 6) is 1.21. The van der Waals surface area contributed by atoms with Gasteiger partial charge in [0, 0.05) is 33.5 Å². The molecule has 4 aromatic rings. The fraction of sp³-hybridized carbons (Fsp3) is 0.238. The third-order valence-electron chi connectivity index (χ3n) is 5.39. The van der Waals surface area contributed by atoms with Gasteiger partial charge in [0.25, 0.3) is 0 Å². The number of aryl methyl sites for hydroxylation is 3. The average molecular weight is 442 g/mol. The van der Waals surface area contributed by atoms with Crippen molar-refractivity contribution in [3.05, 3.63) is 76.7 Å². The smallest absolute Gasteiger partial charge is 0.328 e. The molecule has 162 valence electrons. The molecule has 0 amide bonds. The molecule has 0 saturated carbocycles. The zero-order valence-electron chi connectivity index (χ0n) is 17.6. The number of hydrogen-bond donors (Lipinski definition) is 1. The van der Waals surface area contributed by atoms with Gasteiger partial charge < -0.3 is 9.30 Å². The van der Waals surface area contributed by atoms with E-state index in [9.17, 15) is 13.2 Å². The minimum Gasteiger partial charge on any atom is -0.497 e. The number of nitrogens with one attached hydrogen (secondary N) is 1. The Balaban J connectivity index is 1.78. The van der Waals surface area contributed by atoms with Crippen molar-refractivity contribution >= 4 is 21.1 Å². The number of benzene rings is 2. The van der Waals surface area contributed by atoms with Crippen molar-refractivity contribution in [1.29, 1.82) is 0 Å². The summed E-state index contributed by atoms with van der Waals surface area (Å²) in [6.07, 6.45) is 3.37. The molecule has 0 aliphatic heterocycles. The van der Waals surface area contributed by atoms with Gasteiger partial charge in [0.1, 0.15) is 17.6 Å². The summed E-state index contributed by atoms with van der Waals surface area (Å²) in [5, 5.41) is 0. The molecule has 2 aromatic carbocycles. The second kappa shape index (κ2) is 7.71. The van der Waals surface area contributed by atoms with Crippen molar-refractivity contribution in [3.63, 3.8) is 0 Å². The molecule has 9 nitrogen and oxygen atoms in total. The van der Waals surface area contributed by atoms with Crippen LogP contribution in [0.4, 0.5) is 0 Å². The second-order valence-corrected chi connectivity index (χ2v) is 8.99. The van der Waals surface area contributed by atoms with Crippen LogP contribution in [-0.4, -0.2) is 34.2 Å². The van der Waals surface area contributed by atoms with Crippen LogP contribution in [0.15, 0.2) is 64.5 Å². The Morgan fingerprint density at radius 2 is 1.68 bits per heavy atom. The summed E-state index contributed by atoms with van der Waals surface area (Å²) in [6, 6.07) is 11.0. The van der Waals surface area contributed by atoms with Crippen molar-refractivity contribution < 1.29 is 13.2 Å². The molecule has 0 aliphatic carbocycles. The molecule has 0 aliphatic rings. The number of sulfonamides is 1. The Morgan fingerprint density at radius 1 is 1.00 bits per heavy atom. The van der Waals surface area contributed by atoms with Crippen LogP contribution in [0.2, 0.25) is 0 Å². The predicted octanol–water partition coefficient (Wildman–Crippen LogP) is 1.69. The van der Waals surface area contributed by atoms with Gasteiger partial charge in [0.15, 0.2) is 0 Å². The van der Waals surface area contributed by atoms with Gasteiger partial charge in [-0.25, -0.2) is 18.2 Å². The lowest BCUT2D eigenvalue weighted by molar-refractivity contribution is 0.414. The Morgan fingerprint density at radius 3 is 2.29 bits per heavy atom. The zero-order chi connectivity index (χ0) is 22.3. The largest absolute Gasteiger partial charge is 0.497 e. The SMILES string of the molecule is COc1ccc(C(NS(=O)(=O)c2ccc3c(c2)n(C)c(=O)n3C)c2nccn2C)cc1. The van der Waals surface area contributed by atoms with E-state index in [0.29, 0.717) is 28.2 Å². The Bertz CT molecular complexity index is 1410. The first-order valence-corrected chi connectivity index (χ1v) is 11.0. The third kappa shape index (κ3) is 3.64. The Hall–Kier alpha value is -3.37. The minimum atomic E-state index is -3.94. The minimum absolute atomic E-state index is 0.0638. The highest BCUT2D eigenvalue weighted by Gasteiger charge is 2.26. The Kier molecular flexibility index (Phi) is 5.19. The molecule has 0 fully saturated rings. The number of nitrogens with zero attached hydrogens (tertiary/aromatic N) is 4. The van der Waals surface area contributed by atoms with Gasteiger partial charge in [-0.05, 0) is 35.9 Å². The lowest BCUT2D eigenvalue weighted by Gasteiger charge is -2.19. The van der Waals surface area contributed by atoms with Crippen LogP contribution in [0.1, 0.15) is 17.4 Å². The van der Waals surface area contributed by atoms with Crippen molar-refractivity contribution in [2.24, 2.45) is 21.1 Å². The van der Waals surface area contributed by atoms with Gasteiger partial charge >= 0.3 is 5.69 Å². The van der Waals surface area contributed by atoms with E-state index >= 15 is 0 Å². The molecule has 1 atom stereocenters. The third-order valence-corrected chi connectivity index (χ3v) is 6.81. The topological polar surface area (TPSA) is 100 Å². The second-order valence-electron chi connectivity index (χ2n) is 7.27. The van der Waals surface area contributed by atoms with Crippen LogP contribution >= 0.6 is 0 Å². The summed E-state index contributed by atoms with van der Waals surface area (Å²) in [7, 11) is 2.70. The first-order chi connectivity index (χ1) is 14.7. The normalized spacial score (nSPS) is 12.9. The monoisotopic (exact) mass is 441 g/mol. The lowest BCUT2D eigenvalue weighted by Crippen LogP contribution is -2.31. The maximum atomic E-state index is 13.3. The Labute approximate surface area is 179 Å². The number of hydrogen-bond acceptors (Lipinski definition) is 5. The molecule has 2 aromatic heterocycles. The van der Waals surface area contributed by atoms with E-state index in [1.54, 1.807) is 75.5 Å². The van der Waals surface area contributed by atoms with Crippen LogP contribution in [0.25, 0.3) is 11.0 Å². The van der Waals surface area contributed by atoms with E-state index < -0.39 is 16.1 Å². The highest BCUT2D eigenvalue weighted by Crippen LogP contribution is 2.26. The first kappa shape index (κ1) is 20.9. The molecule has 4 rings (SSSR count). The van der Waals surface area contributed by atoms with E-state index in [4.69, 9.17) is 4.74 Å². The van der Waals surface area contributed by atoms with E-state index in [1.165, 1.54) is 21.3 Å². The maximum Gasteiger partial charge on any atom is 0.328 e. The van der Waals surface area contributed by atoms with Crippen molar-refractivity contribution in [3.8, 4) is 5.75 Å². The van der Waals surface area contributed by atoms with Gasteiger partial charge in [0.2, 0.25) is 10.0 Å². The van der Waals surface area contributed by atoms with Crippen LogP contribution in [0, 0.1) is 0 Å². The van der Waals surface area contributed by atoms with E-state index in [0.717, 1.165) is 0 Å². The summed E-state index contributed by atoms with van der Waals surface area (Å²) >= 11 is 0. The number of rotatable bonds is 6. The number of imidazole rings is 2. The maximum absolute atomic E-state index is 13.3. The van der Waals surface area contributed by atoms with E-state index in [1.807, 2.05) is 0 Å². The number of aromatic nitrogens is 4. The predicted molar refractivity (Wildman–Crippen MR) is 117 cm³/mol. The number of fused-ring (bicyclic) bond motifs is 1. The van der Waals surface area contributed by atoms with Crippen LogP contribution in [0.5, 0.6) is 5.75 Å². The summed E-state index contributed by atoms with van der Waals surface area (Å²) in [6.45, 7) is 0. The zero-order valence-corrected chi connectivity index (χ0v) is 18.4. The van der Waals surface area contributed by atoms with Crippen LogP contribution < -0.4 is 15.1 Å². The molecule has 0 bridgehead atoms. The van der Waals surface area contributed by atoms with Crippen molar-refractivity contribution in [2.45, 2.75) is 10.9 Å². The molecule has 0 radical (unpaired) electrons. The molecule has 10 heteroatoms. The molecule has 31 heavy (non-hydrogen) atoms. The summed E-state index contributed by atoms with van der Waals surface area (Å²) in [4.78, 5) is 16.6. The molecular weight excluding hydrogens is 418 g/mol. The fourth-order valence-corrected chi connectivity index (χ4v) is 4.80. The molecule has 2 heterocycles. The number of methoxy groups -OCH3 is 1. The first-order valence-electron chi connectivity index (χ1n) is 9.52. The van der Waals surface area contributed by atoms with E-state index in [2.05, 4.69) is 9.71 Å². The highest BCUT2D eigenvalue weighted by molar-refractivity contribution is 7.89. The van der Waals surface area contributed by atoms with Gasteiger partial charge in [-0.1, -0.05) is 12.1 Å². The molecule has 0 spiro atoms. The summed E-state index contributed by atoms with van der Waals surface area (Å²) in [5.41, 5.74) is 1.68. The quantitative estimate of drug-likeness (QED) is 0.491. The van der Waals surface area contributed by atoms with Crippen molar-refractivity contribution in [1.82, 2.24) is 23.4 Å². The molecular formula is C21H23N5O4S. The average Bonchev–Trinajstić information content (AvgIpc) is 3.29. The van der Waals surface area contributed by atoms with Gasteiger partial charge in [-0.15, -0.1) is 0 Å². The van der Waals surface area contributed by atoms with Gasteiger partial charge in [-0.2, -0.15) is 4.72 Å². The number of ether oxygens (including phenoxy) is 1. The summed E-state index contributed by atoms with van der Waals surface area (Å²) < 4.78 is 39.3. The molecule has 0 saturated heterocycles. The molecule has 1 unspecified atom stereocenters. The lowest BCUT2D eigenvalue weighted by atomic mass is 10.1.